The topological polar surface area (TPSA) is 58.9 Å². The van der Waals surface area contributed by atoms with Gasteiger partial charge in [-0.2, -0.15) is 0 Å². The number of nitrogens with one attached hydrogen (secondary N) is 1. The molecule has 3 rings (SSSR count). The normalized spacial score (nSPS) is 9.90. The highest BCUT2D eigenvalue weighted by molar-refractivity contribution is 7.83. The van der Waals surface area contributed by atoms with Crippen LogP contribution in [0, 0.1) is 0 Å². The van der Waals surface area contributed by atoms with E-state index in [9.17, 15) is 4.79 Å². The third kappa shape index (κ3) is 3.37. The molecule has 0 atom stereocenters. The van der Waals surface area contributed by atoms with E-state index in [1.165, 1.54) is 10.9 Å². The number of hydrogen-bond donors (Lipinski definition) is 4. The number of carbonyl (C=O) groups is 1. The highest BCUT2D eigenvalue weighted by Gasteiger charge is 2.05. The van der Waals surface area contributed by atoms with E-state index >= 15 is 0 Å². The fourth-order valence-electron chi connectivity index (χ4n) is 1.73. The van der Waals surface area contributed by atoms with Crippen molar-refractivity contribution in [1.82, 2.24) is 4.98 Å². The first-order valence-corrected chi connectivity index (χ1v) is 6.82. The molecular weight excluding hydrogens is 288 g/mol. The molecule has 0 aliphatic heterocycles. The molecule has 0 fully saturated rings. The summed E-state index contributed by atoms with van der Waals surface area (Å²) in [5.74, 6) is -0.481. The van der Waals surface area contributed by atoms with Crippen molar-refractivity contribution >= 4 is 42.1 Å². The van der Waals surface area contributed by atoms with E-state index in [0.717, 1.165) is 0 Å². The van der Waals surface area contributed by atoms with Gasteiger partial charge in [0.15, 0.2) is 0 Å². The van der Waals surface area contributed by atoms with Crippen molar-refractivity contribution in [2.45, 2.75) is 9.79 Å². The van der Waals surface area contributed by atoms with Gasteiger partial charge in [0.1, 0.15) is 0 Å². The minimum absolute atomic E-state index is 0.404. The fourth-order valence-corrected chi connectivity index (χ4v) is 2.19. The predicted molar refractivity (Wildman–Crippen MR) is 87.8 cm³/mol. The second-order valence-electron chi connectivity index (χ2n) is 4.10. The minimum atomic E-state index is -0.481. The average Bonchev–Trinajstić information content (AvgIpc) is 2.90. The van der Waals surface area contributed by atoms with Crippen LogP contribution in [0.5, 0.6) is 0 Å². The molecular formula is C15H14N2OS2. The monoisotopic (exact) mass is 302 g/mol. The second-order valence-corrected chi connectivity index (χ2v) is 5.03. The summed E-state index contributed by atoms with van der Waals surface area (Å²) in [5, 5.41) is 1.28. The number of aromatic nitrogens is 1. The van der Waals surface area contributed by atoms with Gasteiger partial charge in [-0.1, -0.05) is 24.3 Å². The van der Waals surface area contributed by atoms with E-state index in [0.29, 0.717) is 15.4 Å². The van der Waals surface area contributed by atoms with E-state index < -0.39 is 5.91 Å². The first-order valence-electron chi connectivity index (χ1n) is 5.92. The summed E-state index contributed by atoms with van der Waals surface area (Å²) in [4.78, 5) is 15.0. The summed E-state index contributed by atoms with van der Waals surface area (Å²) >= 11 is 8.15. The Kier molecular flexibility index (Phi) is 4.76. The minimum Gasteiger partial charge on any atom is -0.366 e. The van der Waals surface area contributed by atoms with Crippen LogP contribution in [0.4, 0.5) is 0 Å². The average molecular weight is 302 g/mol. The Morgan fingerprint density at radius 1 is 1.00 bits per heavy atom. The molecule has 3 aromatic rings. The van der Waals surface area contributed by atoms with Crippen LogP contribution >= 0.6 is 25.3 Å². The van der Waals surface area contributed by atoms with Gasteiger partial charge in [0.2, 0.25) is 5.91 Å². The molecule has 1 amide bonds. The number of rotatable bonds is 1. The molecule has 0 spiro atoms. The number of hydrogen-bond acceptors (Lipinski definition) is 3. The summed E-state index contributed by atoms with van der Waals surface area (Å²) in [5.41, 5.74) is 6.67. The highest BCUT2D eigenvalue weighted by atomic mass is 32.1. The Morgan fingerprint density at radius 3 is 2.40 bits per heavy atom. The van der Waals surface area contributed by atoms with E-state index in [1.807, 2.05) is 18.3 Å². The predicted octanol–water partition coefficient (Wildman–Crippen LogP) is 3.53. The van der Waals surface area contributed by atoms with E-state index in [2.05, 4.69) is 48.4 Å². The number of H-pyrrole nitrogens is 1. The lowest BCUT2D eigenvalue weighted by atomic mass is 10.2. The van der Waals surface area contributed by atoms with Gasteiger partial charge in [-0.3, -0.25) is 4.79 Å². The summed E-state index contributed by atoms with van der Waals surface area (Å²) in [7, 11) is 0. The third-order valence-electron chi connectivity index (χ3n) is 2.74. The summed E-state index contributed by atoms with van der Waals surface area (Å²) in [6.45, 7) is 0. The molecule has 0 aliphatic carbocycles. The first-order chi connectivity index (χ1) is 9.59. The van der Waals surface area contributed by atoms with Crippen molar-refractivity contribution in [3.05, 3.63) is 60.3 Å². The van der Waals surface area contributed by atoms with Gasteiger partial charge >= 0.3 is 0 Å². The van der Waals surface area contributed by atoms with Gasteiger partial charge in [0, 0.05) is 21.5 Å². The molecule has 0 saturated carbocycles. The van der Waals surface area contributed by atoms with Crippen molar-refractivity contribution in [1.29, 1.82) is 0 Å². The SMILES string of the molecule is NC(=O)c1cccc(S)c1S.c1ccc2[nH]ccc2c1. The largest absolute Gasteiger partial charge is 0.366 e. The first kappa shape index (κ1) is 14.6. The van der Waals surface area contributed by atoms with Crippen LogP contribution in [0.2, 0.25) is 0 Å². The van der Waals surface area contributed by atoms with E-state index in [-0.39, 0.29) is 0 Å². The van der Waals surface area contributed by atoms with Crippen molar-refractivity contribution in [3.63, 3.8) is 0 Å². The molecule has 5 heteroatoms. The number of thiol groups is 2. The van der Waals surface area contributed by atoms with Crippen molar-refractivity contribution < 1.29 is 4.79 Å². The van der Waals surface area contributed by atoms with Gasteiger partial charge in [-0.05, 0) is 29.7 Å². The smallest absolute Gasteiger partial charge is 0.249 e. The van der Waals surface area contributed by atoms with Gasteiger partial charge in [-0.15, -0.1) is 25.3 Å². The molecule has 0 radical (unpaired) electrons. The number of carbonyl (C=O) groups excluding carboxylic acids is 1. The number of primary amides is 1. The van der Waals surface area contributed by atoms with Gasteiger partial charge in [0.25, 0.3) is 0 Å². The van der Waals surface area contributed by atoms with E-state index in [1.54, 1.807) is 18.2 Å². The summed E-state index contributed by atoms with van der Waals surface area (Å²) in [6, 6.07) is 15.4. The number of benzene rings is 2. The van der Waals surface area contributed by atoms with Crippen LogP contribution in [-0.4, -0.2) is 10.9 Å². The Morgan fingerprint density at radius 2 is 1.75 bits per heavy atom. The molecule has 0 saturated heterocycles. The zero-order valence-electron chi connectivity index (χ0n) is 10.6. The van der Waals surface area contributed by atoms with Crippen molar-refractivity contribution in [3.8, 4) is 0 Å². The van der Waals surface area contributed by atoms with Crippen LogP contribution in [0.15, 0.2) is 64.5 Å². The van der Waals surface area contributed by atoms with Crippen molar-refractivity contribution in [2.75, 3.05) is 0 Å². The number of aromatic amines is 1. The van der Waals surface area contributed by atoms with Gasteiger partial charge in [-0.25, -0.2) is 0 Å². The molecule has 0 unspecified atom stereocenters. The lowest BCUT2D eigenvalue weighted by Gasteiger charge is -2.01. The maximum atomic E-state index is 10.7. The molecule has 1 aromatic heterocycles. The molecule has 0 aliphatic rings. The number of amides is 1. The zero-order chi connectivity index (χ0) is 14.5. The van der Waals surface area contributed by atoms with Crippen LogP contribution in [0.1, 0.15) is 10.4 Å². The quantitative estimate of drug-likeness (QED) is 0.511. The Hall–Kier alpha value is -1.85. The van der Waals surface area contributed by atoms with E-state index in [4.69, 9.17) is 5.73 Å². The van der Waals surface area contributed by atoms with Crippen molar-refractivity contribution in [2.24, 2.45) is 5.73 Å². The van der Waals surface area contributed by atoms with Gasteiger partial charge in [0.05, 0.1) is 5.56 Å². The third-order valence-corrected chi connectivity index (χ3v) is 3.77. The van der Waals surface area contributed by atoms with Crippen LogP contribution in [-0.2, 0) is 0 Å². The van der Waals surface area contributed by atoms with Crippen LogP contribution < -0.4 is 5.73 Å². The van der Waals surface area contributed by atoms with Crippen LogP contribution in [0.25, 0.3) is 10.9 Å². The molecule has 3 nitrogen and oxygen atoms in total. The molecule has 1 heterocycles. The number of fused-ring (bicyclic) bond motifs is 1. The summed E-state index contributed by atoms with van der Waals surface area (Å²) < 4.78 is 0. The highest BCUT2D eigenvalue weighted by Crippen LogP contribution is 2.21. The Labute approximate surface area is 128 Å². The summed E-state index contributed by atoms with van der Waals surface area (Å²) in [6.07, 6.45) is 1.95. The van der Waals surface area contributed by atoms with Crippen LogP contribution in [0.3, 0.4) is 0 Å². The second kappa shape index (κ2) is 6.54. The lowest BCUT2D eigenvalue weighted by molar-refractivity contribution is 0.0997. The standard InChI is InChI=1S/C8H7N.C7H7NOS2/c1-2-4-8-7(3-1)5-6-9-8;8-7(9)4-2-1-3-5(10)6(4)11/h1-6,9H;1-3,10-11H,(H2,8,9). The molecule has 102 valence electrons. The maximum absolute atomic E-state index is 10.7. The maximum Gasteiger partial charge on any atom is 0.249 e. The zero-order valence-corrected chi connectivity index (χ0v) is 12.4. The Balaban J connectivity index is 0.000000149. The Bertz CT molecular complexity index is 707. The molecule has 20 heavy (non-hydrogen) atoms. The fraction of sp³-hybridized carbons (Fsp3) is 0. The molecule has 3 N–H and O–H groups in total. The number of para-hydroxylation sites is 1. The number of nitrogens with two attached hydrogens (primary N) is 1. The molecule has 0 bridgehead atoms. The molecule has 2 aromatic carbocycles. The van der Waals surface area contributed by atoms with Gasteiger partial charge < -0.3 is 10.7 Å². The lowest BCUT2D eigenvalue weighted by Crippen LogP contribution is -2.11.